The molecule has 2 atom stereocenters. The summed E-state index contributed by atoms with van der Waals surface area (Å²) in [7, 11) is 3.57. The monoisotopic (exact) mass is 393 g/mol. The Kier molecular flexibility index (Phi) is 5.69. The van der Waals surface area contributed by atoms with E-state index in [2.05, 4.69) is 20.8 Å². The number of aryl methyl sites for hydroxylation is 1. The molecule has 0 N–H and O–H groups in total. The van der Waals surface area contributed by atoms with Gasteiger partial charge in [-0.3, -0.25) is 14.6 Å². The van der Waals surface area contributed by atoms with E-state index < -0.39 is 6.04 Å². The smallest absolute Gasteiger partial charge is 0.323 e. The molecule has 154 valence electrons. The number of nitrogens with zero attached hydrogens (tertiary/aromatic N) is 3. The number of amides is 3. The number of rotatable bonds is 3. The van der Waals surface area contributed by atoms with Crippen LogP contribution < -0.4 is 4.90 Å². The lowest BCUT2D eigenvalue weighted by atomic mass is 9.91. The molecule has 0 spiro atoms. The summed E-state index contributed by atoms with van der Waals surface area (Å²) in [6.45, 7) is 8.22. The van der Waals surface area contributed by atoms with E-state index in [1.165, 1.54) is 0 Å². The van der Waals surface area contributed by atoms with Crippen LogP contribution >= 0.6 is 0 Å². The minimum atomic E-state index is -0.521. The van der Waals surface area contributed by atoms with Gasteiger partial charge in [0.05, 0.1) is 0 Å². The zero-order chi connectivity index (χ0) is 21.3. The summed E-state index contributed by atoms with van der Waals surface area (Å²) in [6.07, 6.45) is 0.188. The first-order valence-electron chi connectivity index (χ1n) is 10.0. The lowest BCUT2D eigenvalue weighted by Gasteiger charge is -2.40. The number of urea groups is 1. The van der Waals surface area contributed by atoms with Crippen LogP contribution in [0.25, 0.3) is 0 Å². The van der Waals surface area contributed by atoms with Gasteiger partial charge in [0.2, 0.25) is 5.91 Å². The highest BCUT2D eigenvalue weighted by Crippen LogP contribution is 2.36. The highest BCUT2D eigenvalue weighted by molar-refractivity contribution is 5.97. The van der Waals surface area contributed by atoms with Crippen molar-refractivity contribution in [1.29, 1.82) is 0 Å². The standard InChI is InChI=1S/C24H31N3O2/c1-17-12-14-19(15-13-17)25(5)23(29)27-20(16-18-10-8-7-9-11-18)21(28)26(6)22(27)24(2,3)4/h7-15,20,22H,16H2,1-6H3. The van der Waals surface area contributed by atoms with Crippen LogP contribution in [-0.4, -0.2) is 48.0 Å². The van der Waals surface area contributed by atoms with Gasteiger partial charge in [0.25, 0.3) is 0 Å². The van der Waals surface area contributed by atoms with Crippen molar-refractivity contribution < 1.29 is 9.59 Å². The molecule has 1 aliphatic heterocycles. The number of hydrogen-bond acceptors (Lipinski definition) is 2. The third-order valence-corrected chi connectivity index (χ3v) is 5.57. The molecule has 0 bridgehead atoms. The van der Waals surface area contributed by atoms with Gasteiger partial charge in [-0.25, -0.2) is 4.79 Å². The van der Waals surface area contributed by atoms with Crippen molar-refractivity contribution >= 4 is 17.6 Å². The van der Waals surface area contributed by atoms with E-state index in [9.17, 15) is 9.59 Å². The zero-order valence-electron chi connectivity index (χ0n) is 18.2. The maximum absolute atomic E-state index is 13.7. The first-order valence-corrected chi connectivity index (χ1v) is 10.0. The fourth-order valence-corrected chi connectivity index (χ4v) is 4.14. The van der Waals surface area contributed by atoms with Gasteiger partial charge in [-0.05, 0) is 24.6 Å². The number of hydrogen-bond donors (Lipinski definition) is 0. The van der Waals surface area contributed by atoms with Gasteiger partial charge in [-0.2, -0.15) is 0 Å². The molecule has 5 nitrogen and oxygen atoms in total. The van der Waals surface area contributed by atoms with Gasteiger partial charge < -0.3 is 4.90 Å². The Labute approximate surface area is 173 Å². The molecular weight excluding hydrogens is 362 g/mol. The zero-order valence-corrected chi connectivity index (χ0v) is 18.2. The van der Waals surface area contributed by atoms with Crippen LogP contribution in [0.2, 0.25) is 0 Å². The molecule has 1 aliphatic rings. The van der Waals surface area contributed by atoms with E-state index in [0.717, 1.165) is 16.8 Å². The molecule has 1 heterocycles. The van der Waals surface area contributed by atoms with E-state index in [1.54, 1.807) is 28.8 Å². The van der Waals surface area contributed by atoms with Gasteiger partial charge in [-0.1, -0.05) is 68.8 Å². The Morgan fingerprint density at radius 3 is 2.17 bits per heavy atom. The molecule has 29 heavy (non-hydrogen) atoms. The molecule has 0 aromatic heterocycles. The van der Waals surface area contributed by atoms with Crippen molar-refractivity contribution in [3.8, 4) is 0 Å². The van der Waals surface area contributed by atoms with Crippen molar-refractivity contribution in [1.82, 2.24) is 9.80 Å². The maximum atomic E-state index is 13.7. The van der Waals surface area contributed by atoms with Crippen LogP contribution in [0.3, 0.4) is 0 Å². The predicted molar refractivity (Wildman–Crippen MR) is 117 cm³/mol. The fourth-order valence-electron chi connectivity index (χ4n) is 4.14. The van der Waals surface area contributed by atoms with Crippen molar-refractivity contribution in [2.75, 3.05) is 19.0 Å². The number of benzene rings is 2. The molecular formula is C24H31N3O2. The molecule has 1 saturated heterocycles. The number of carbonyl (C=O) groups is 2. The lowest BCUT2D eigenvalue weighted by Crippen LogP contribution is -2.54. The van der Waals surface area contributed by atoms with Crippen LogP contribution in [0.4, 0.5) is 10.5 Å². The van der Waals surface area contributed by atoms with Gasteiger partial charge in [0.15, 0.2) is 0 Å². The van der Waals surface area contributed by atoms with Crippen LogP contribution in [0.15, 0.2) is 54.6 Å². The summed E-state index contributed by atoms with van der Waals surface area (Å²) in [6, 6.07) is 17.1. The first-order chi connectivity index (χ1) is 13.6. The van der Waals surface area contributed by atoms with Crippen LogP contribution in [0, 0.1) is 12.3 Å². The second-order valence-electron chi connectivity index (χ2n) is 8.98. The van der Waals surface area contributed by atoms with Crippen LogP contribution in [0.1, 0.15) is 31.9 Å². The Balaban J connectivity index is 1.99. The Morgan fingerprint density at radius 2 is 1.62 bits per heavy atom. The second kappa shape index (κ2) is 7.90. The molecule has 3 rings (SSSR count). The van der Waals surface area contributed by atoms with Crippen LogP contribution in [-0.2, 0) is 11.2 Å². The fraction of sp³-hybridized carbons (Fsp3) is 0.417. The molecule has 0 saturated carbocycles. The molecule has 0 radical (unpaired) electrons. The number of likely N-dealkylation sites (N-methyl/N-ethyl adjacent to an activating group) is 1. The maximum Gasteiger partial charge on any atom is 0.326 e. The summed E-state index contributed by atoms with van der Waals surface area (Å²) in [5.41, 5.74) is 2.72. The molecule has 1 fully saturated rings. The lowest BCUT2D eigenvalue weighted by molar-refractivity contribution is -0.129. The quantitative estimate of drug-likeness (QED) is 0.780. The number of anilines is 1. The minimum absolute atomic E-state index is 0.0144. The average Bonchev–Trinajstić information content (AvgIpc) is 2.93. The molecule has 2 aromatic rings. The van der Waals surface area contributed by atoms with E-state index in [1.807, 2.05) is 61.5 Å². The largest absolute Gasteiger partial charge is 0.326 e. The Hall–Kier alpha value is -2.82. The highest BCUT2D eigenvalue weighted by atomic mass is 16.2. The summed E-state index contributed by atoms with van der Waals surface area (Å²) in [4.78, 5) is 32.0. The summed E-state index contributed by atoms with van der Waals surface area (Å²) in [5, 5.41) is 0. The number of carbonyl (C=O) groups excluding carboxylic acids is 2. The summed E-state index contributed by atoms with van der Waals surface area (Å²) < 4.78 is 0. The van der Waals surface area contributed by atoms with Crippen LogP contribution in [0.5, 0.6) is 0 Å². The second-order valence-corrected chi connectivity index (χ2v) is 8.98. The van der Waals surface area contributed by atoms with Crippen molar-refractivity contribution in [3.05, 3.63) is 65.7 Å². The van der Waals surface area contributed by atoms with Crippen molar-refractivity contribution in [2.45, 2.75) is 46.3 Å². The van der Waals surface area contributed by atoms with E-state index in [-0.39, 0.29) is 23.5 Å². The van der Waals surface area contributed by atoms with Gasteiger partial charge in [-0.15, -0.1) is 0 Å². The Morgan fingerprint density at radius 1 is 1.03 bits per heavy atom. The van der Waals surface area contributed by atoms with E-state index in [0.29, 0.717) is 6.42 Å². The summed E-state index contributed by atoms with van der Waals surface area (Å²) >= 11 is 0. The summed E-state index contributed by atoms with van der Waals surface area (Å²) in [5.74, 6) is -0.0144. The third-order valence-electron chi connectivity index (χ3n) is 5.57. The molecule has 2 aromatic carbocycles. The SMILES string of the molecule is Cc1ccc(N(C)C(=O)N2C(Cc3ccccc3)C(=O)N(C)C2C(C)(C)C)cc1. The Bertz CT molecular complexity index is 871. The van der Waals surface area contributed by atoms with Crippen molar-refractivity contribution in [3.63, 3.8) is 0 Å². The van der Waals surface area contributed by atoms with Gasteiger partial charge in [0, 0.05) is 31.6 Å². The van der Waals surface area contributed by atoms with E-state index >= 15 is 0 Å². The molecule has 5 heteroatoms. The molecule has 3 amide bonds. The topological polar surface area (TPSA) is 43.9 Å². The normalized spacial score (nSPS) is 19.6. The van der Waals surface area contributed by atoms with Gasteiger partial charge in [0.1, 0.15) is 12.2 Å². The highest BCUT2D eigenvalue weighted by Gasteiger charge is 2.51. The van der Waals surface area contributed by atoms with Gasteiger partial charge >= 0.3 is 6.03 Å². The van der Waals surface area contributed by atoms with E-state index in [4.69, 9.17) is 0 Å². The minimum Gasteiger partial charge on any atom is -0.323 e. The average molecular weight is 394 g/mol. The predicted octanol–water partition coefficient (Wildman–Crippen LogP) is 4.31. The third kappa shape index (κ3) is 4.14. The van der Waals surface area contributed by atoms with Crippen molar-refractivity contribution in [2.24, 2.45) is 5.41 Å². The first kappa shape index (κ1) is 20.9. The molecule has 2 unspecified atom stereocenters. The molecule has 0 aliphatic carbocycles.